The average Bonchev–Trinajstić information content (AvgIpc) is 3.61. The van der Waals surface area contributed by atoms with Crippen LogP contribution in [0.25, 0.3) is 0 Å². The Hall–Kier alpha value is -5.22. The van der Waals surface area contributed by atoms with E-state index in [1.54, 1.807) is 41.7 Å². The van der Waals surface area contributed by atoms with Crippen molar-refractivity contribution in [1.82, 2.24) is 36.8 Å². The lowest BCUT2D eigenvalue weighted by Gasteiger charge is -2.37. The highest BCUT2D eigenvalue weighted by atomic mass is 16.6. The molecule has 2 unspecified atom stereocenters. The number of likely N-dealkylation sites (N-methyl/N-ethyl adjacent to an activating group) is 1. The third kappa shape index (κ3) is 10.5. The number of nitrogens with one attached hydrogen (secondary N) is 6. The second kappa shape index (κ2) is 18.2. The maximum Gasteiger partial charge on any atom is 0.324 e. The number of carbonyl (C=O) groups excluding carboxylic acids is 6. The van der Waals surface area contributed by atoms with E-state index in [9.17, 15) is 38.9 Å². The molecule has 2 aromatic rings. The number of aldehydes is 1. The molecular weight excluding hydrogens is 696 g/mol. The predicted molar refractivity (Wildman–Crippen MR) is 201 cm³/mol. The van der Waals surface area contributed by atoms with Gasteiger partial charge in [0.25, 0.3) is 23.4 Å². The Kier molecular flexibility index (Phi) is 14.0. The Labute approximate surface area is 315 Å². The summed E-state index contributed by atoms with van der Waals surface area (Å²) in [5, 5.41) is 29.0. The van der Waals surface area contributed by atoms with Crippen LogP contribution in [0.2, 0.25) is 0 Å². The quantitative estimate of drug-likeness (QED) is 0.0942. The lowest BCUT2D eigenvalue weighted by molar-refractivity contribution is -0.384. The molecule has 6 atom stereocenters. The van der Waals surface area contributed by atoms with E-state index in [2.05, 4.69) is 31.9 Å². The van der Waals surface area contributed by atoms with Gasteiger partial charge in [-0.25, -0.2) is 4.79 Å². The fraction of sp³-hybridized carbons (Fsp3) is 0.526. The largest absolute Gasteiger partial charge is 0.348 e. The van der Waals surface area contributed by atoms with Crippen LogP contribution in [0, 0.1) is 15.5 Å². The molecule has 1 aliphatic heterocycles. The molecule has 2 aromatic carbocycles. The lowest BCUT2D eigenvalue weighted by Crippen LogP contribution is -2.61. The number of hydrogen-bond donors (Lipinski definition) is 6. The average molecular weight is 749 g/mol. The number of nitrogens with zero attached hydrogens (tertiary/aromatic N) is 2. The van der Waals surface area contributed by atoms with Crippen molar-refractivity contribution >= 4 is 41.6 Å². The number of carbonyl (C=O) groups is 6. The van der Waals surface area contributed by atoms with E-state index in [-0.39, 0.29) is 30.1 Å². The molecule has 2 aliphatic rings. The highest BCUT2D eigenvalue weighted by molar-refractivity contribution is 6.02. The molecule has 6 amide bonds. The van der Waals surface area contributed by atoms with Crippen LogP contribution in [0.15, 0.2) is 42.5 Å². The molecule has 1 heterocycles. The first kappa shape index (κ1) is 41.5. The monoisotopic (exact) mass is 748 g/mol. The van der Waals surface area contributed by atoms with Crippen LogP contribution in [0.3, 0.4) is 0 Å². The Bertz CT molecular complexity index is 1740. The Balaban J connectivity index is 1.62. The number of rotatable bonds is 14. The first-order valence-electron chi connectivity index (χ1n) is 18.3. The van der Waals surface area contributed by atoms with Crippen LogP contribution < -0.4 is 31.9 Å². The van der Waals surface area contributed by atoms with Crippen LogP contribution >= 0.6 is 0 Å². The first-order valence-corrected chi connectivity index (χ1v) is 18.3. The van der Waals surface area contributed by atoms with Crippen LogP contribution in [0.1, 0.15) is 98.2 Å². The van der Waals surface area contributed by atoms with Gasteiger partial charge in [-0.1, -0.05) is 52.0 Å². The Morgan fingerprint density at radius 2 is 1.72 bits per heavy atom. The number of amides is 6. The van der Waals surface area contributed by atoms with Gasteiger partial charge < -0.3 is 36.7 Å². The molecule has 4 rings (SSSR count). The number of nitro groups is 1. The van der Waals surface area contributed by atoms with Crippen molar-refractivity contribution in [3.63, 3.8) is 0 Å². The van der Waals surface area contributed by atoms with Crippen molar-refractivity contribution in [2.75, 3.05) is 20.1 Å². The van der Waals surface area contributed by atoms with E-state index in [1.807, 2.05) is 24.3 Å². The molecule has 6 N–H and O–H groups in total. The van der Waals surface area contributed by atoms with Gasteiger partial charge in [-0.2, -0.15) is 0 Å². The summed E-state index contributed by atoms with van der Waals surface area (Å²) < 4.78 is 0. The third-order valence-corrected chi connectivity index (χ3v) is 9.95. The number of fused-ring (bicyclic) bond motifs is 1. The summed E-state index contributed by atoms with van der Waals surface area (Å²) in [4.78, 5) is 91.9. The van der Waals surface area contributed by atoms with Crippen molar-refractivity contribution in [2.24, 2.45) is 5.41 Å². The van der Waals surface area contributed by atoms with Gasteiger partial charge in [0.15, 0.2) is 0 Å². The highest BCUT2D eigenvalue weighted by Crippen LogP contribution is 2.30. The van der Waals surface area contributed by atoms with Gasteiger partial charge in [-0.3, -0.25) is 34.2 Å². The molecule has 292 valence electrons. The van der Waals surface area contributed by atoms with Crippen LogP contribution in [0.4, 0.5) is 10.5 Å². The molecule has 0 aromatic heterocycles. The third-order valence-electron chi connectivity index (χ3n) is 9.95. The van der Waals surface area contributed by atoms with Crippen molar-refractivity contribution in [3.8, 4) is 0 Å². The summed E-state index contributed by atoms with van der Waals surface area (Å²) in [6.07, 6.45) is 3.66. The van der Waals surface area contributed by atoms with E-state index >= 15 is 0 Å². The second-order valence-electron chi connectivity index (χ2n) is 15.0. The Morgan fingerprint density at radius 1 is 1.04 bits per heavy atom. The maximum atomic E-state index is 14.5. The van der Waals surface area contributed by atoms with Crippen molar-refractivity contribution in [3.05, 3.63) is 74.8 Å². The lowest BCUT2D eigenvalue weighted by atomic mass is 9.85. The van der Waals surface area contributed by atoms with Crippen molar-refractivity contribution < 1.29 is 33.7 Å². The predicted octanol–water partition coefficient (Wildman–Crippen LogP) is 2.52. The molecule has 0 bridgehead atoms. The normalized spacial score (nSPS) is 19.6. The number of non-ortho nitro benzene ring substituents is 1. The zero-order valence-electron chi connectivity index (χ0n) is 31.7. The van der Waals surface area contributed by atoms with Gasteiger partial charge in [0, 0.05) is 41.9 Å². The van der Waals surface area contributed by atoms with Gasteiger partial charge >= 0.3 is 6.03 Å². The highest BCUT2D eigenvalue weighted by Gasteiger charge is 2.40. The van der Waals surface area contributed by atoms with E-state index in [0.717, 1.165) is 47.3 Å². The summed E-state index contributed by atoms with van der Waals surface area (Å²) in [6.45, 7) is 8.74. The van der Waals surface area contributed by atoms with Crippen molar-refractivity contribution in [1.29, 1.82) is 0 Å². The number of hydrogen-bond acceptors (Lipinski definition) is 10. The van der Waals surface area contributed by atoms with Gasteiger partial charge in [0.05, 0.1) is 29.6 Å². The summed E-state index contributed by atoms with van der Waals surface area (Å²) in [6, 6.07) is 6.62. The van der Waals surface area contributed by atoms with Gasteiger partial charge in [-0.05, 0) is 68.7 Å². The molecule has 16 nitrogen and oxygen atoms in total. The topological polar surface area (TPSA) is 221 Å². The number of urea groups is 1. The number of aryl methyl sites for hydroxylation is 1. The molecule has 0 radical (unpaired) electrons. The molecule has 16 heteroatoms. The fourth-order valence-corrected chi connectivity index (χ4v) is 6.60. The molecule has 0 saturated carbocycles. The minimum atomic E-state index is -1.13. The van der Waals surface area contributed by atoms with E-state index < -0.39 is 75.9 Å². The minimum Gasteiger partial charge on any atom is -0.348 e. The maximum absolute atomic E-state index is 14.5. The van der Waals surface area contributed by atoms with Crippen LogP contribution in [-0.2, 0) is 20.8 Å². The van der Waals surface area contributed by atoms with E-state index in [4.69, 9.17) is 0 Å². The minimum absolute atomic E-state index is 0.125. The molecule has 54 heavy (non-hydrogen) atoms. The molecule has 0 spiro atoms. The zero-order valence-corrected chi connectivity index (χ0v) is 31.7. The smallest absolute Gasteiger partial charge is 0.324 e. The summed E-state index contributed by atoms with van der Waals surface area (Å²) in [5.74, 6) is -2.54. The Morgan fingerprint density at radius 3 is 2.33 bits per heavy atom. The molecule has 1 aliphatic carbocycles. The van der Waals surface area contributed by atoms with Gasteiger partial charge in [-0.15, -0.1) is 0 Å². The summed E-state index contributed by atoms with van der Waals surface area (Å²) in [5.41, 5.74) is 0.433. The molecular formula is C38H52N8O8. The SMILES string of the molecule is CC[C@@H](CN(C(=O)N[C@@H]1CCCc2ccccc21)C(=O)C(NC(=O)[C@H](C)NC)C(C)(C)C)NC(=O)c1cc(C(=O)N[C@@H]2CNC(C=O)C2)cc([N+](=O)[O-])c1. The number of benzene rings is 2. The van der Waals surface area contributed by atoms with E-state index in [1.165, 1.54) is 6.07 Å². The number of nitro benzene ring substituents is 1. The van der Waals surface area contributed by atoms with Crippen molar-refractivity contribution in [2.45, 2.75) is 103 Å². The summed E-state index contributed by atoms with van der Waals surface area (Å²) >= 11 is 0. The standard InChI is InChI=1S/C38H52N8O8/c1-7-26(41-34(49)24-15-25(17-29(16-24)46(53)54)35(50)42-27-18-28(21-47)40-19-27)20-45(36(51)32(38(3,4)5)44-33(48)22(2)39-6)37(52)43-31-14-10-12-23-11-8-9-13-30(23)31/h8-9,11,13,15-17,21-22,26-28,31-32,39-40H,7,10,12,14,18-20H2,1-6H3,(H,41,49)(H,42,50)(H,43,52)(H,44,48)/t22-,26-,27-,28?,31+,32?/m0/s1. The molecule has 1 saturated heterocycles. The fourth-order valence-electron chi connectivity index (χ4n) is 6.60. The second-order valence-corrected chi connectivity index (χ2v) is 15.0. The molecule has 1 fully saturated rings. The van der Waals surface area contributed by atoms with Crippen LogP contribution in [0.5, 0.6) is 0 Å². The zero-order chi connectivity index (χ0) is 39.7. The first-order chi connectivity index (χ1) is 25.6. The van der Waals surface area contributed by atoms with Crippen LogP contribution in [-0.4, -0.2) is 96.1 Å². The van der Waals surface area contributed by atoms with Gasteiger partial charge in [0.2, 0.25) is 5.91 Å². The van der Waals surface area contributed by atoms with E-state index in [0.29, 0.717) is 19.4 Å². The van der Waals surface area contributed by atoms with Gasteiger partial charge in [0.1, 0.15) is 12.3 Å². The number of imide groups is 1. The summed E-state index contributed by atoms with van der Waals surface area (Å²) in [7, 11) is 1.61.